The number of likely N-dealkylation sites (N-methyl/N-ethyl adjacent to an activating group) is 1. The molecule has 24 heavy (non-hydrogen) atoms. The van der Waals surface area contributed by atoms with Crippen LogP contribution in [0.25, 0.3) is 0 Å². The highest BCUT2D eigenvalue weighted by atomic mass is 32.1. The molecule has 0 bridgehead atoms. The molecule has 6 nitrogen and oxygen atoms in total. The summed E-state index contributed by atoms with van der Waals surface area (Å²) in [6, 6.07) is 2.47. The van der Waals surface area contributed by atoms with E-state index in [0.29, 0.717) is 12.6 Å². The van der Waals surface area contributed by atoms with E-state index in [2.05, 4.69) is 32.7 Å². The van der Waals surface area contributed by atoms with Gasteiger partial charge in [0.2, 0.25) is 5.91 Å². The Morgan fingerprint density at radius 2 is 2.25 bits per heavy atom. The van der Waals surface area contributed by atoms with Crippen molar-refractivity contribution in [1.29, 1.82) is 0 Å². The lowest BCUT2D eigenvalue weighted by Gasteiger charge is -2.36. The first-order valence-electron chi connectivity index (χ1n) is 8.46. The summed E-state index contributed by atoms with van der Waals surface area (Å²) in [6.07, 6.45) is 5.22. The maximum Gasteiger partial charge on any atom is 0.242 e. The molecular formula is C17H25N5OS. The zero-order chi connectivity index (χ0) is 17.1. The second-order valence-corrected chi connectivity index (χ2v) is 7.37. The first-order valence-corrected chi connectivity index (χ1v) is 9.33. The van der Waals surface area contributed by atoms with Gasteiger partial charge in [0.05, 0.1) is 18.8 Å². The molecule has 1 atom stereocenters. The second-order valence-electron chi connectivity index (χ2n) is 6.50. The smallest absolute Gasteiger partial charge is 0.242 e. The molecule has 0 radical (unpaired) electrons. The van der Waals surface area contributed by atoms with Gasteiger partial charge in [-0.3, -0.25) is 19.3 Å². The Kier molecular flexibility index (Phi) is 5.30. The Balaban J connectivity index is 1.66. The van der Waals surface area contributed by atoms with Crippen LogP contribution in [-0.2, 0) is 11.3 Å². The molecule has 0 aliphatic carbocycles. The van der Waals surface area contributed by atoms with Crippen molar-refractivity contribution in [1.82, 2.24) is 19.7 Å². The molecule has 3 heterocycles. The van der Waals surface area contributed by atoms with E-state index in [1.165, 1.54) is 23.5 Å². The van der Waals surface area contributed by atoms with Crippen molar-refractivity contribution in [2.45, 2.75) is 45.7 Å². The van der Waals surface area contributed by atoms with Crippen LogP contribution in [0.5, 0.6) is 0 Å². The van der Waals surface area contributed by atoms with Crippen LogP contribution in [0.1, 0.15) is 30.7 Å². The number of piperidine rings is 1. The lowest BCUT2D eigenvalue weighted by Crippen LogP contribution is -2.47. The lowest BCUT2D eigenvalue weighted by atomic mass is 10.0. The van der Waals surface area contributed by atoms with E-state index in [4.69, 9.17) is 0 Å². The number of hydrogen-bond acceptors (Lipinski definition) is 5. The van der Waals surface area contributed by atoms with Crippen molar-refractivity contribution in [2.24, 2.45) is 0 Å². The maximum atomic E-state index is 12.6. The molecule has 0 N–H and O–H groups in total. The summed E-state index contributed by atoms with van der Waals surface area (Å²) in [7, 11) is 1.81. The summed E-state index contributed by atoms with van der Waals surface area (Å²) < 4.78 is 2.08. The van der Waals surface area contributed by atoms with Crippen LogP contribution >= 0.6 is 11.3 Å². The summed E-state index contributed by atoms with van der Waals surface area (Å²) in [5, 5.41) is 7.23. The SMILES string of the molecule is Cc1cc(C)n(C[C@H]2CCCCN2CC(=O)N(C)c2nccs2)n1. The summed E-state index contributed by atoms with van der Waals surface area (Å²) in [4.78, 5) is 20.8. The van der Waals surface area contributed by atoms with Gasteiger partial charge in [-0.2, -0.15) is 5.10 Å². The summed E-state index contributed by atoms with van der Waals surface area (Å²) in [5.41, 5.74) is 2.23. The van der Waals surface area contributed by atoms with E-state index >= 15 is 0 Å². The van der Waals surface area contributed by atoms with Crippen LogP contribution in [0.15, 0.2) is 17.6 Å². The second kappa shape index (κ2) is 7.44. The Labute approximate surface area is 147 Å². The van der Waals surface area contributed by atoms with E-state index in [-0.39, 0.29) is 5.91 Å². The molecule has 0 aromatic carbocycles. The predicted octanol–water partition coefficient (Wildman–Crippen LogP) is 2.47. The number of carbonyl (C=O) groups is 1. The first-order chi connectivity index (χ1) is 11.5. The average Bonchev–Trinajstić information content (AvgIpc) is 3.19. The molecule has 2 aromatic rings. The molecule has 1 aliphatic heterocycles. The lowest BCUT2D eigenvalue weighted by molar-refractivity contribution is -0.120. The van der Waals surface area contributed by atoms with E-state index in [1.807, 2.05) is 12.3 Å². The number of aryl methyl sites for hydroxylation is 2. The van der Waals surface area contributed by atoms with Gasteiger partial charge in [-0.15, -0.1) is 11.3 Å². The summed E-state index contributed by atoms with van der Waals surface area (Å²) in [5.74, 6) is 0.102. The van der Waals surface area contributed by atoms with Crippen LogP contribution in [0, 0.1) is 13.8 Å². The van der Waals surface area contributed by atoms with Crippen LogP contribution in [0.3, 0.4) is 0 Å². The fourth-order valence-corrected chi connectivity index (χ4v) is 3.93. The number of anilines is 1. The Morgan fingerprint density at radius 3 is 2.92 bits per heavy atom. The molecule has 130 valence electrons. The normalized spacial score (nSPS) is 18.7. The largest absolute Gasteiger partial charge is 0.290 e. The molecule has 2 aromatic heterocycles. The molecule has 0 unspecified atom stereocenters. The highest BCUT2D eigenvalue weighted by Gasteiger charge is 2.27. The van der Waals surface area contributed by atoms with Crippen LogP contribution in [0.2, 0.25) is 0 Å². The van der Waals surface area contributed by atoms with Gasteiger partial charge < -0.3 is 0 Å². The quantitative estimate of drug-likeness (QED) is 0.834. The van der Waals surface area contributed by atoms with E-state index < -0.39 is 0 Å². The van der Waals surface area contributed by atoms with Crippen LogP contribution in [-0.4, -0.2) is 51.8 Å². The molecule has 1 saturated heterocycles. The number of thiazole rings is 1. The molecule has 3 rings (SSSR count). The maximum absolute atomic E-state index is 12.6. The number of likely N-dealkylation sites (tertiary alicyclic amines) is 1. The number of nitrogens with zero attached hydrogens (tertiary/aromatic N) is 5. The fraction of sp³-hybridized carbons (Fsp3) is 0.588. The number of carbonyl (C=O) groups excluding carboxylic acids is 1. The Bertz CT molecular complexity index is 681. The first kappa shape index (κ1) is 17.1. The third-order valence-electron chi connectivity index (χ3n) is 4.65. The number of amides is 1. The number of rotatable bonds is 5. The molecule has 7 heteroatoms. The van der Waals surface area contributed by atoms with Crippen molar-refractivity contribution in [2.75, 3.05) is 25.0 Å². The molecule has 0 spiro atoms. The molecule has 1 fully saturated rings. The number of hydrogen-bond donors (Lipinski definition) is 0. The van der Waals surface area contributed by atoms with Gasteiger partial charge >= 0.3 is 0 Å². The zero-order valence-electron chi connectivity index (χ0n) is 14.6. The topological polar surface area (TPSA) is 54.3 Å². The Morgan fingerprint density at radius 1 is 1.42 bits per heavy atom. The zero-order valence-corrected chi connectivity index (χ0v) is 15.4. The van der Waals surface area contributed by atoms with E-state index in [0.717, 1.165) is 36.8 Å². The molecular weight excluding hydrogens is 322 g/mol. The van der Waals surface area contributed by atoms with Crippen LogP contribution < -0.4 is 4.90 Å². The standard InChI is InChI=1S/C17H25N5OS/c1-13-10-14(2)22(19-13)11-15-6-4-5-8-21(15)12-16(23)20(3)17-18-7-9-24-17/h7,9-10,15H,4-6,8,11-12H2,1-3H3/t15-/m1/s1. The highest BCUT2D eigenvalue weighted by Crippen LogP contribution is 2.21. The summed E-state index contributed by atoms with van der Waals surface area (Å²) in [6.45, 7) is 6.39. The molecule has 0 saturated carbocycles. The third kappa shape index (κ3) is 3.84. The van der Waals surface area contributed by atoms with Gasteiger partial charge in [0.15, 0.2) is 5.13 Å². The predicted molar refractivity (Wildman–Crippen MR) is 96.4 cm³/mol. The molecule has 1 aliphatic rings. The Hall–Kier alpha value is -1.73. The summed E-state index contributed by atoms with van der Waals surface area (Å²) >= 11 is 1.49. The van der Waals surface area contributed by atoms with Gasteiger partial charge in [0, 0.05) is 30.4 Å². The van der Waals surface area contributed by atoms with Gasteiger partial charge in [-0.1, -0.05) is 6.42 Å². The van der Waals surface area contributed by atoms with Crippen molar-refractivity contribution in [3.8, 4) is 0 Å². The van der Waals surface area contributed by atoms with Gasteiger partial charge in [-0.25, -0.2) is 4.98 Å². The number of aromatic nitrogens is 3. The molecule has 1 amide bonds. The monoisotopic (exact) mass is 347 g/mol. The van der Waals surface area contributed by atoms with Crippen molar-refractivity contribution < 1.29 is 4.79 Å². The van der Waals surface area contributed by atoms with Crippen molar-refractivity contribution in [3.63, 3.8) is 0 Å². The average molecular weight is 347 g/mol. The minimum atomic E-state index is 0.102. The van der Waals surface area contributed by atoms with E-state index in [9.17, 15) is 4.79 Å². The van der Waals surface area contributed by atoms with Gasteiger partial charge in [0.25, 0.3) is 0 Å². The van der Waals surface area contributed by atoms with Crippen LogP contribution in [0.4, 0.5) is 5.13 Å². The third-order valence-corrected chi connectivity index (χ3v) is 5.50. The minimum absolute atomic E-state index is 0.102. The van der Waals surface area contributed by atoms with Crippen molar-refractivity contribution >= 4 is 22.4 Å². The van der Waals surface area contributed by atoms with Gasteiger partial charge in [0.1, 0.15) is 0 Å². The highest BCUT2D eigenvalue weighted by molar-refractivity contribution is 7.13. The van der Waals surface area contributed by atoms with E-state index in [1.54, 1.807) is 18.1 Å². The van der Waals surface area contributed by atoms with Gasteiger partial charge in [-0.05, 0) is 39.3 Å². The fourth-order valence-electron chi connectivity index (χ4n) is 3.30. The van der Waals surface area contributed by atoms with Crippen molar-refractivity contribution in [3.05, 3.63) is 29.0 Å². The minimum Gasteiger partial charge on any atom is -0.290 e.